The van der Waals surface area contributed by atoms with Gasteiger partial charge in [-0.1, -0.05) is 19.9 Å². The third-order valence-electron chi connectivity index (χ3n) is 3.47. The van der Waals surface area contributed by atoms with Gasteiger partial charge in [0.1, 0.15) is 5.78 Å². The summed E-state index contributed by atoms with van der Waals surface area (Å²) in [6, 6.07) is 9.10. The Balaban J connectivity index is 0.000000277. The highest BCUT2D eigenvalue weighted by Gasteiger charge is 2.07. The number of aromatic carboxylic acids is 1. The van der Waals surface area contributed by atoms with E-state index in [1.165, 1.54) is 6.20 Å². The first-order valence-corrected chi connectivity index (χ1v) is 7.45. The van der Waals surface area contributed by atoms with Crippen LogP contribution in [0.3, 0.4) is 0 Å². The zero-order chi connectivity index (χ0) is 16.8. The van der Waals surface area contributed by atoms with Gasteiger partial charge in [0.2, 0.25) is 0 Å². The maximum absolute atomic E-state index is 10.9. The molecule has 0 atom stereocenters. The van der Waals surface area contributed by atoms with Crippen LogP contribution in [0.1, 0.15) is 37.0 Å². The minimum absolute atomic E-state index is 0.195. The van der Waals surface area contributed by atoms with Crippen LogP contribution >= 0.6 is 0 Å². The van der Waals surface area contributed by atoms with Crippen molar-refractivity contribution in [3.05, 3.63) is 48.3 Å². The molecule has 0 unspecified atom stereocenters. The third kappa shape index (κ3) is 3.88. The fraction of sp³-hybridized carbons (Fsp3) is 0.222. The second-order valence-corrected chi connectivity index (χ2v) is 4.98. The zero-order valence-corrected chi connectivity index (χ0v) is 13.1. The summed E-state index contributed by atoms with van der Waals surface area (Å²) in [6.45, 7) is 3.76. The highest BCUT2D eigenvalue weighted by Crippen LogP contribution is 2.22. The van der Waals surface area contributed by atoms with Crippen molar-refractivity contribution in [2.24, 2.45) is 0 Å². The number of carbonyl (C=O) groups is 2. The summed E-state index contributed by atoms with van der Waals surface area (Å²) in [6.07, 6.45) is 4.48. The second kappa shape index (κ2) is 7.45. The van der Waals surface area contributed by atoms with E-state index in [-0.39, 0.29) is 5.56 Å². The first-order chi connectivity index (χ1) is 11.1. The van der Waals surface area contributed by atoms with Crippen LogP contribution in [0.4, 0.5) is 0 Å². The molecule has 0 aliphatic heterocycles. The molecule has 0 spiro atoms. The van der Waals surface area contributed by atoms with Crippen LogP contribution in [0.2, 0.25) is 0 Å². The Labute approximate surface area is 134 Å². The second-order valence-electron chi connectivity index (χ2n) is 4.98. The van der Waals surface area contributed by atoms with Gasteiger partial charge in [-0.2, -0.15) is 0 Å². The van der Waals surface area contributed by atoms with Gasteiger partial charge in [-0.3, -0.25) is 14.8 Å². The van der Waals surface area contributed by atoms with Crippen molar-refractivity contribution < 1.29 is 14.7 Å². The van der Waals surface area contributed by atoms with Crippen molar-refractivity contribution in [1.29, 1.82) is 0 Å². The van der Waals surface area contributed by atoms with E-state index in [0.29, 0.717) is 18.6 Å². The summed E-state index contributed by atoms with van der Waals surface area (Å²) in [4.78, 5) is 29.5. The first kappa shape index (κ1) is 16.5. The first-order valence-electron chi connectivity index (χ1n) is 7.45. The number of fused-ring (bicyclic) bond motifs is 3. The van der Waals surface area contributed by atoms with E-state index in [4.69, 9.17) is 5.11 Å². The number of benzene rings is 1. The van der Waals surface area contributed by atoms with Gasteiger partial charge >= 0.3 is 5.97 Å². The SMILES string of the molecule is CCC(=O)CC.O=C(O)c1cnc2c(ccc3ncccc32)c1. The van der Waals surface area contributed by atoms with E-state index >= 15 is 0 Å². The van der Waals surface area contributed by atoms with E-state index in [0.717, 1.165) is 21.8 Å². The summed E-state index contributed by atoms with van der Waals surface area (Å²) in [5.41, 5.74) is 1.83. The summed E-state index contributed by atoms with van der Waals surface area (Å²) >= 11 is 0. The van der Waals surface area contributed by atoms with Gasteiger partial charge in [-0.05, 0) is 24.3 Å². The van der Waals surface area contributed by atoms with Gasteiger partial charge in [-0.25, -0.2) is 4.79 Å². The monoisotopic (exact) mass is 310 g/mol. The average molecular weight is 310 g/mol. The zero-order valence-electron chi connectivity index (χ0n) is 13.1. The maximum atomic E-state index is 10.9. The van der Waals surface area contributed by atoms with Gasteiger partial charge in [-0.15, -0.1) is 0 Å². The number of carbonyl (C=O) groups excluding carboxylic acids is 1. The van der Waals surface area contributed by atoms with E-state index in [9.17, 15) is 9.59 Å². The molecule has 1 aromatic carbocycles. The Morgan fingerprint density at radius 1 is 1.09 bits per heavy atom. The number of carboxylic acid groups (broad SMARTS) is 1. The number of hydrogen-bond acceptors (Lipinski definition) is 4. The molecule has 0 bridgehead atoms. The van der Waals surface area contributed by atoms with Crippen LogP contribution in [0.25, 0.3) is 21.8 Å². The van der Waals surface area contributed by atoms with E-state index in [1.54, 1.807) is 12.3 Å². The predicted molar refractivity (Wildman–Crippen MR) is 89.6 cm³/mol. The highest BCUT2D eigenvalue weighted by molar-refractivity contribution is 6.05. The Morgan fingerprint density at radius 2 is 1.83 bits per heavy atom. The van der Waals surface area contributed by atoms with Crippen LogP contribution in [-0.4, -0.2) is 26.8 Å². The highest BCUT2D eigenvalue weighted by atomic mass is 16.4. The molecule has 3 aromatic rings. The van der Waals surface area contributed by atoms with Gasteiger partial charge in [0.15, 0.2) is 0 Å². The van der Waals surface area contributed by atoms with Gasteiger partial charge in [0.05, 0.1) is 16.6 Å². The molecule has 0 aliphatic rings. The minimum atomic E-state index is -0.967. The average Bonchev–Trinajstić information content (AvgIpc) is 2.60. The van der Waals surface area contributed by atoms with E-state index in [1.807, 2.05) is 38.1 Å². The topological polar surface area (TPSA) is 80.2 Å². The van der Waals surface area contributed by atoms with Crippen molar-refractivity contribution in [2.75, 3.05) is 0 Å². The number of rotatable bonds is 3. The molecule has 5 heteroatoms. The number of hydrogen-bond donors (Lipinski definition) is 1. The molecule has 0 saturated carbocycles. The molecule has 2 aromatic heterocycles. The fourth-order valence-corrected chi connectivity index (χ4v) is 2.12. The minimum Gasteiger partial charge on any atom is -0.478 e. The molecule has 118 valence electrons. The van der Waals surface area contributed by atoms with Crippen molar-refractivity contribution in [1.82, 2.24) is 9.97 Å². The lowest BCUT2D eigenvalue weighted by Crippen LogP contribution is -1.97. The molecule has 0 aliphatic carbocycles. The number of aromatic nitrogens is 2. The predicted octanol–water partition coefficient (Wildman–Crippen LogP) is 3.86. The van der Waals surface area contributed by atoms with E-state index < -0.39 is 5.97 Å². The van der Waals surface area contributed by atoms with Crippen molar-refractivity contribution >= 4 is 33.6 Å². The molecule has 1 N–H and O–H groups in total. The molecule has 0 radical (unpaired) electrons. The molecule has 3 rings (SSSR count). The lowest BCUT2D eigenvalue weighted by atomic mass is 10.1. The smallest absolute Gasteiger partial charge is 0.337 e. The molecular formula is C18H18N2O3. The summed E-state index contributed by atoms with van der Waals surface area (Å²) in [7, 11) is 0. The van der Waals surface area contributed by atoms with Gasteiger partial charge < -0.3 is 5.11 Å². The van der Waals surface area contributed by atoms with Gasteiger partial charge in [0, 0.05) is 36.0 Å². The number of Topliss-reactive ketones (excluding diaryl/α,β-unsaturated/α-hetero) is 1. The molecule has 2 heterocycles. The van der Waals surface area contributed by atoms with Crippen LogP contribution < -0.4 is 0 Å². The molecule has 0 fully saturated rings. The van der Waals surface area contributed by atoms with Crippen LogP contribution in [0.15, 0.2) is 42.7 Å². The van der Waals surface area contributed by atoms with Crippen molar-refractivity contribution in [2.45, 2.75) is 26.7 Å². The fourth-order valence-electron chi connectivity index (χ4n) is 2.12. The summed E-state index contributed by atoms with van der Waals surface area (Å²) < 4.78 is 0. The number of ketones is 1. The number of carboxylic acids is 1. The number of pyridine rings is 2. The lowest BCUT2D eigenvalue weighted by molar-refractivity contribution is -0.118. The normalized spacial score (nSPS) is 10.2. The quantitative estimate of drug-likeness (QED) is 0.743. The van der Waals surface area contributed by atoms with Crippen molar-refractivity contribution in [3.63, 3.8) is 0 Å². The Hall–Kier alpha value is -2.82. The third-order valence-corrected chi connectivity index (χ3v) is 3.47. The molecular weight excluding hydrogens is 292 g/mol. The largest absolute Gasteiger partial charge is 0.478 e. The maximum Gasteiger partial charge on any atom is 0.337 e. The molecule has 0 saturated heterocycles. The summed E-state index contributed by atoms with van der Waals surface area (Å²) in [5.74, 6) is -0.624. The van der Waals surface area contributed by atoms with Crippen molar-refractivity contribution in [3.8, 4) is 0 Å². The molecule has 0 amide bonds. The van der Waals surface area contributed by atoms with E-state index in [2.05, 4.69) is 9.97 Å². The summed E-state index contributed by atoms with van der Waals surface area (Å²) in [5, 5.41) is 10.6. The van der Waals surface area contributed by atoms with Gasteiger partial charge in [0.25, 0.3) is 0 Å². The standard InChI is InChI=1S/C13H8N2O2.C5H10O/c16-13(17)9-6-8-3-4-11-10(2-1-5-14-11)12(8)15-7-9;1-3-5(6)4-2/h1-7H,(H,16,17);3-4H2,1-2H3. The number of nitrogens with zero attached hydrogens (tertiary/aromatic N) is 2. The molecule has 23 heavy (non-hydrogen) atoms. The Bertz CT molecular complexity index is 853. The Kier molecular flexibility index (Phi) is 5.36. The lowest BCUT2D eigenvalue weighted by Gasteiger charge is -2.02. The Morgan fingerprint density at radius 3 is 2.43 bits per heavy atom. The van der Waals surface area contributed by atoms with Crippen LogP contribution in [0.5, 0.6) is 0 Å². The van der Waals surface area contributed by atoms with Crippen LogP contribution in [0, 0.1) is 0 Å². The van der Waals surface area contributed by atoms with Crippen LogP contribution in [-0.2, 0) is 4.79 Å². The molecule has 5 nitrogen and oxygen atoms in total.